The first kappa shape index (κ1) is 62.6. The predicted molar refractivity (Wildman–Crippen MR) is 470 cm³/mol. The highest BCUT2D eigenvalue weighted by molar-refractivity contribution is 6.13. The summed E-state index contributed by atoms with van der Waals surface area (Å²) < 4.78 is 4.83. The smallest absolute Gasteiger partial charge is 0.0725 e. The number of hydrogen-bond donors (Lipinski definition) is 0. The van der Waals surface area contributed by atoms with E-state index in [0.717, 1.165) is 11.1 Å². The number of para-hydroxylation sites is 2. The summed E-state index contributed by atoms with van der Waals surface area (Å²) in [4.78, 5) is 0. The molecule has 2 heteroatoms. The first-order valence-electron chi connectivity index (χ1n) is 39.1. The van der Waals surface area contributed by atoms with Crippen molar-refractivity contribution < 1.29 is 0 Å². The van der Waals surface area contributed by atoms with Gasteiger partial charge in [-0.3, -0.25) is 0 Å². The molecule has 0 amide bonds. The summed E-state index contributed by atoms with van der Waals surface area (Å²) in [6.45, 7) is 0. The Morgan fingerprint density at radius 3 is 0.866 bits per heavy atom. The minimum atomic E-state index is -0.552. The first-order chi connectivity index (χ1) is 55.5. The number of nitrogens with zero attached hydrogens (tertiary/aromatic N) is 2. The van der Waals surface area contributed by atoms with Gasteiger partial charge in [0.15, 0.2) is 0 Å². The highest BCUT2D eigenvalue weighted by Gasteiger charge is 2.54. The second-order valence-electron chi connectivity index (χ2n) is 31.0. The van der Waals surface area contributed by atoms with E-state index in [4.69, 9.17) is 0 Å². The molecule has 2 aromatic heterocycles. The number of fused-ring (bicyclic) bond motifs is 28. The molecule has 2 heterocycles. The SMILES string of the molecule is C(=C\c1ccc2c(c1)C1(c3ccccc3-c3ccccc31)c1cc(-c3ccc4c(c3)C3(c5ccccc5-c5ccccc53)c3cc(/C=C/c5ccc(-c6ccc7c(c6)c6ccccc6n7-c6ccc7ccccc7c6)cc5)ccc3-4)ccc1-2)/c1ccc(-c2ccc3c(c2)c2ccccc2n3-c2ccc3ccccc3c2)cc1. The summed E-state index contributed by atoms with van der Waals surface area (Å²) in [7, 11) is 0. The van der Waals surface area contributed by atoms with Crippen LogP contribution in [0.4, 0.5) is 0 Å². The van der Waals surface area contributed by atoms with E-state index in [1.54, 1.807) is 0 Å². The van der Waals surface area contributed by atoms with E-state index in [1.165, 1.54) is 210 Å². The van der Waals surface area contributed by atoms with Gasteiger partial charge >= 0.3 is 0 Å². The zero-order valence-corrected chi connectivity index (χ0v) is 61.2. The Hall–Kier alpha value is -14.4. The van der Waals surface area contributed by atoms with Crippen molar-refractivity contribution in [1.29, 1.82) is 0 Å². The van der Waals surface area contributed by atoms with E-state index in [9.17, 15) is 0 Å². The molecule has 2 spiro atoms. The maximum atomic E-state index is 2.56. The standard InChI is InChI=1S/C110H68N2/c1-3-19-77-63-83(53-47-73(77)17-1)111-105-31-15-9-25-93(105)95-65-79(51-59-107(95)111)75-43-37-69(38-44-75)33-35-71-41-55-89-91-57-49-81(67-103(91)109(101(89)61-71)97-27-11-5-21-85(97)86-22-6-12-28-98(86)109)82-50-58-92-90-56-42-72(62-102(90)110(104(92)68-82)99-29-13-7-23-87(99)88-24-8-14-30-100(88)110)36-34-70-39-45-76(46-40-70)80-52-60-108-96(66-80)94-26-10-16-32-106(94)112(108)84-54-48-74-18-2-4-20-78(74)64-84/h1-68H/b35-33+,36-34+. The Labute approximate surface area is 649 Å². The molecule has 0 atom stereocenters. The molecule has 0 N–H and O–H groups in total. The molecule has 0 aliphatic heterocycles. The van der Waals surface area contributed by atoms with E-state index in [2.05, 4.69) is 422 Å². The summed E-state index contributed by atoms with van der Waals surface area (Å²) in [6, 6.07) is 146. The minimum Gasteiger partial charge on any atom is -0.309 e. The third-order valence-electron chi connectivity index (χ3n) is 25.3. The van der Waals surface area contributed by atoms with Gasteiger partial charge in [0.05, 0.1) is 32.9 Å². The van der Waals surface area contributed by atoms with E-state index in [1.807, 2.05) is 0 Å². The third-order valence-corrected chi connectivity index (χ3v) is 25.3. The number of hydrogen-bond acceptors (Lipinski definition) is 0. The summed E-state index contributed by atoms with van der Waals surface area (Å²) in [6.07, 6.45) is 9.18. The number of benzene rings is 18. The third kappa shape index (κ3) is 9.03. The van der Waals surface area contributed by atoms with Crippen molar-refractivity contribution in [2.75, 3.05) is 0 Å². The van der Waals surface area contributed by atoms with Gasteiger partial charge < -0.3 is 9.13 Å². The van der Waals surface area contributed by atoms with Crippen LogP contribution >= 0.6 is 0 Å². The summed E-state index contributed by atoms with van der Waals surface area (Å²) in [5.41, 5.74) is 38.8. The van der Waals surface area contributed by atoms with E-state index in [-0.39, 0.29) is 0 Å². The van der Waals surface area contributed by atoms with E-state index < -0.39 is 10.8 Å². The van der Waals surface area contributed by atoms with Crippen LogP contribution < -0.4 is 0 Å². The van der Waals surface area contributed by atoms with Crippen LogP contribution in [0.15, 0.2) is 388 Å². The van der Waals surface area contributed by atoms with Gasteiger partial charge in [-0.05, 0) is 251 Å². The zero-order valence-electron chi connectivity index (χ0n) is 61.2. The lowest BCUT2D eigenvalue weighted by molar-refractivity contribution is 0.792. The molecular formula is C110H68N2. The normalized spacial score (nSPS) is 13.6. The summed E-state index contributed by atoms with van der Waals surface area (Å²) >= 11 is 0. The fraction of sp³-hybridized carbons (Fsp3) is 0.0182. The van der Waals surface area contributed by atoms with Crippen molar-refractivity contribution in [3.63, 3.8) is 0 Å². The van der Waals surface area contributed by atoms with Gasteiger partial charge in [0.25, 0.3) is 0 Å². The average molecular weight is 1420 g/mol. The average Bonchev–Trinajstić information content (AvgIpc) is 1.51. The quantitative estimate of drug-likeness (QED) is 0.128. The maximum Gasteiger partial charge on any atom is 0.0725 e. The minimum absolute atomic E-state index is 0.552. The Kier molecular flexibility index (Phi) is 13.4. The lowest BCUT2D eigenvalue weighted by Gasteiger charge is -2.31. The first-order valence-corrected chi connectivity index (χ1v) is 39.1. The molecule has 4 aliphatic rings. The molecule has 0 unspecified atom stereocenters. The van der Waals surface area contributed by atoms with Crippen molar-refractivity contribution in [2.45, 2.75) is 10.8 Å². The maximum absolute atomic E-state index is 2.56. The van der Waals surface area contributed by atoms with E-state index in [0.29, 0.717) is 0 Å². The molecular weight excluding hydrogens is 1350 g/mol. The van der Waals surface area contributed by atoms with Gasteiger partial charge in [-0.2, -0.15) is 0 Å². The molecule has 0 bridgehead atoms. The zero-order chi connectivity index (χ0) is 73.3. The van der Waals surface area contributed by atoms with Gasteiger partial charge in [-0.15, -0.1) is 0 Å². The highest BCUT2D eigenvalue weighted by Crippen LogP contribution is 2.66. The molecule has 20 aromatic rings. The lowest BCUT2D eigenvalue weighted by atomic mass is 9.69. The van der Waals surface area contributed by atoms with Crippen LogP contribution in [0, 0.1) is 0 Å². The summed E-state index contributed by atoms with van der Waals surface area (Å²) in [5.74, 6) is 0. The Balaban J connectivity index is 0.563. The van der Waals surface area contributed by atoms with E-state index >= 15 is 0 Å². The van der Waals surface area contributed by atoms with Crippen molar-refractivity contribution in [2.24, 2.45) is 0 Å². The fourth-order valence-electron chi connectivity index (χ4n) is 20.3. The molecule has 112 heavy (non-hydrogen) atoms. The predicted octanol–water partition coefficient (Wildman–Crippen LogP) is 28.2. The van der Waals surface area contributed by atoms with Gasteiger partial charge in [0, 0.05) is 32.9 Å². The Morgan fingerprint density at radius 1 is 0.170 bits per heavy atom. The van der Waals surface area contributed by atoms with Crippen LogP contribution in [0.5, 0.6) is 0 Å². The van der Waals surface area contributed by atoms with Gasteiger partial charge in [0.2, 0.25) is 0 Å². The van der Waals surface area contributed by atoms with Crippen LogP contribution in [0.2, 0.25) is 0 Å². The Morgan fingerprint density at radius 2 is 0.455 bits per heavy atom. The van der Waals surface area contributed by atoms with Crippen LogP contribution in [-0.2, 0) is 10.8 Å². The largest absolute Gasteiger partial charge is 0.309 e. The highest BCUT2D eigenvalue weighted by atomic mass is 15.0. The van der Waals surface area contributed by atoms with Gasteiger partial charge in [-0.1, -0.05) is 328 Å². The molecule has 0 radical (unpaired) electrons. The van der Waals surface area contributed by atoms with Crippen molar-refractivity contribution >= 4 is 89.5 Å². The Bertz CT molecular complexity index is 6960. The molecule has 0 saturated heterocycles. The van der Waals surface area contributed by atoms with Crippen LogP contribution in [0.25, 0.3) is 179 Å². The number of rotatable bonds is 9. The molecule has 0 fully saturated rings. The topological polar surface area (TPSA) is 9.86 Å². The van der Waals surface area contributed by atoms with Crippen LogP contribution in [0.3, 0.4) is 0 Å². The molecule has 24 rings (SSSR count). The van der Waals surface area contributed by atoms with Crippen molar-refractivity contribution in [3.05, 3.63) is 455 Å². The molecule has 18 aromatic carbocycles. The van der Waals surface area contributed by atoms with Gasteiger partial charge in [-0.25, -0.2) is 0 Å². The lowest BCUT2D eigenvalue weighted by Crippen LogP contribution is -2.26. The van der Waals surface area contributed by atoms with Gasteiger partial charge in [0.1, 0.15) is 0 Å². The van der Waals surface area contributed by atoms with Crippen molar-refractivity contribution in [3.8, 4) is 89.3 Å². The second kappa shape index (κ2) is 24.0. The van der Waals surface area contributed by atoms with Crippen molar-refractivity contribution in [1.82, 2.24) is 9.13 Å². The molecule has 4 aliphatic carbocycles. The monoisotopic (exact) mass is 1420 g/mol. The van der Waals surface area contributed by atoms with Crippen LogP contribution in [-0.4, -0.2) is 9.13 Å². The summed E-state index contributed by atoms with van der Waals surface area (Å²) in [5, 5.41) is 9.97. The fourth-order valence-corrected chi connectivity index (χ4v) is 20.3. The molecule has 518 valence electrons. The molecule has 0 saturated carbocycles. The molecule has 2 nitrogen and oxygen atoms in total. The number of aromatic nitrogens is 2. The van der Waals surface area contributed by atoms with Crippen LogP contribution in [0.1, 0.15) is 66.8 Å². The second-order valence-corrected chi connectivity index (χ2v) is 31.0.